The van der Waals surface area contributed by atoms with Crippen LogP contribution in [0.15, 0.2) is 24.3 Å². The highest BCUT2D eigenvalue weighted by atomic mass is 16.2. The van der Waals surface area contributed by atoms with Gasteiger partial charge in [0.25, 0.3) is 0 Å². The number of carbonyl (C=O) groups is 1. The van der Waals surface area contributed by atoms with Crippen molar-refractivity contribution in [3.05, 3.63) is 29.8 Å². The number of para-hydroxylation sites is 1. The Morgan fingerprint density at radius 2 is 2.05 bits per heavy atom. The zero-order valence-electron chi connectivity index (χ0n) is 11.6. The van der Waals surface area contributed by atoms with Gasteiger partial charge in [0.15, 0.2) is 0 Å². The number of anilines is 1. The average Bonchev–Trinajstić information content (AvgIpc) is 2.97. The Morgan fingerprint density at radius 1 is 1.26 bits per heavy atom. The standard InChI is InChI=1S/C16H22N2O/c1-10-7-8-14(11(10)2)18-16(19)13-9-17-15-6-4-3-5-12(13)15/h3-6,10-11,13-14,17H,7-9H2,1-2H3,(H,18,19). The minimum absolute atomic E-state index is 0.0284. The van der Waals surface area contributed by atoms with Crippen LogP contribution >= 0.6 is 0 Å². The summed E-state index contributed by atoms with van der Waals surface area (Å²) >= 11 is 0. The maximum atomic E-state index is 12.5. The monoisotopic (exact) mass is 258 g/mol. The lowest BCUT2D eigenvalue weighted by Crippen LogP contribution is -2.40. The Labute approximate surface area is 114 Å². The molecule has 2 N–H and O–H groups in total. The number of hydrogen-bond donors (Lipinski definition) is 2. The van der Waals surface area contributed by atoms with Gasteiger partial charge in [-0.25, -0.2) is 0 Å². The molecule has 3 heteroatoms. The Morgan fingerprint density at radius 3 is 2.79 bits per heavy atom. The maximum Gasteiger partial charge on any atom is 0.229 e. The lowest BCUT2D eigenvalue weighted by molar-refractivity contribution is -0.123. The predicted molar refractivity (Wildman–Crippen MR) is 77.2 cm³/mol. The number of nitrogens with one attached hydrogen (secondary N) is 2. The van der Waals surface area contributed by atoms with Crippen molar-refractivity contribution in [3.63, 3.8) is 0 Å². The van der Waals surface area contributed by atoms with Crippen molar-refractivity contribution in [1.82, 2.24) is 5.32 Å². The van der Waals surface area contributed by atoms with E-state index in [0.29, 0.717) is 12.0 Å². The first-order valence-electron chi connectivity index (χ1n) is 7.30. The fourth-order valence-corrected chi connectivity index (χ4v) is 3.37. The quantitative estimate of drug-likeness (QED) is 0.856. The largest absolute Gasteiger partial charge is 0.384 e. The van der Waals surface area contributed by atoms with Gasteiger partial charge in [-0.1, -0.05) is 32.0 Å². The summed E-state index contributed by atoms with van der Waals surface area (Å²) < 4.78 is 0. The molecule has 1 aliphatic heterocycles. The van der Waals surface area contributed by atoms with Gasteiger partial charge in [-0.2, -0.15) is 0 Å². The molecule has 1 aromatic rings. The van der Waals surface area contributed by atoms with Crippen LogP contribution in [0, 0.1) is 11.8 Å². The Hall–Kier alpha value is -1.51. The van der Waals surface area contributed by atoms with E-state index in [4.69, 9.17) is 0 Å². The van der Waals surface area contributed by atoms with E-state index < -0.39 is 0 Å². The molecular formula is C16H22N2O. The Kier molecular flexibility index (Phi) is 3.21. The summed E-state index contributed by atoms with van der Waals surface area (Å²) in [5, 5.41) is 6.58. The molecule has 1 fully saturated rings. The van der Waals surface area contributed by atoms with Crippen molar-refractivity contribution >= 4 is 11.6 Å². The van der Waals surface area contributed by atoms with Gasteiger partial charge in [0.2, 0.25) is 5.91 Å². The van der Waals surface area contributed by atoms with Crippen molar-refractivity contribution < 1.29 is 4.79 Å². The molecule has 1 amide bonds. The molecule has 0 spiro atoms. The molecule has 4 unspecified atom stereocenters. The zero-order valence-corrected chi connectivity index (χ0v) is 11.6. The number of carbonyl (C=O) groups excluding carboxylic acids is 1. The van der Waals surface area contributed by atoms with E-state index in [1.807, 2.05) is 18.2 Å². The fourth-order valence-electron chi connectivity index (χ4n) is 3.37. The number of rotatable bonds is 2. The van der Waals surface area contributed by atoms with Crippen LogP contribution in [-0.4, -0.2) is 18.5 Å². The van der Waals surface area contributed by atoms with Crippen LogP contribution in [0.3, 0.4) is 0 Å². The summed E-state index contributed by atoms with van der Waals surface area (Å²) in [6, 6.07) is 8.47. The van der Waals surface area contributed by atoms with Gasteiger partial charge < -0.3 is 10.6 Å². The molecule has 3 nitrogen and oxygen atoms in total. The van der Waals surface area contributed by atoms with Crippen LogP contribution < -0.4 is 10.6 Å². The molecule has 0 bridgehead atoms. The third-order valence-corrected chi connectivity index (χ3v) is 4.94. The molecular weight excluding hydrogens is 236 g/mol. The zero-order chi connectivity index (χ0) is 13.4. The highest BCUT2D eigenvalue weighted by Gasteiger charge is 2.34. The number of fused-ring (bicyclic) bond motifs is 1. The molecule has 2 aliphatic rings. The van der Waals surface area contributed by atoms with Crippen molar-refractivity contribution in [2.24, 2.45) is 11.8 Å². The Bertz CT molecular complexity index is 485. The third-order valence-electron chi connectivity index (χ3n) is 4.94. The van der Waals surface area contributed by atoms with Crippen molar-refractivity contribution in [3.8, 4) is 0 Å². The average molecular weight is 258 g/mol. The van der Waals surface area contributed by atoms with Gasteiger partial charge in [0, 0.05) is 18.3 Å². The van der Waals surface area contributed by atoms with E-state index in [1.165, 1.54) is 6.42 Å². The first kappa shape index (κ1) is 12.5. The summed E-state index contributed by atoms with van der Waals surface area (Å²) in [7, 11) is 0. The molecule has 0 radical (unpaired) electrons. The van der Waals surface area contributed by atoms with E-state index >= 15 is 0 Å². The molecule has 102 valence electrons. The SMILES string of the molecule is CC1CCC(NC(=O)C2CNc3ccccc32)C1C. The minimum atomic E-state index is -0.0284. The number of benzene rings is 1. The van der Waals surface area contributed by atoms with Crippen LogP contribution in [0.25, 0.3) is 0 Å². The minimum Gasteiger partial charge on any atom is -0.384 e. The third kappa shape index (κ3) is 2.22. The van der Waals surface area contributed by atoms with Gasteiger partial charge in [0.1, 0.15) is 0 Å². The van der Waals surface area contributed by atoms with Crippen LogP contribution in [0.1, 0.15) is 38.2 Å². The van der Waals surface area contributed by atoms with Gasteiger partial charge in [0.05, 0.1) is 5.92 Å². The molecule has 0 saturated heterocycles. The maximum absolute atomic E-state index is 12.5. The molecule has 1 heterocycles. The van der Waals surface area contributed by atoms with Crippen LogP contribution in [-0.2, 0) is 4.79 Å². The smallest absolute Gasteiger partial charge is 0.229 e. The van der Waals surface area contributed by atoms with Crippen LogP contribution in [0.4, 0.5) is 5.69 Å². The van der Waals surface area contributed by atoms with E-state index in [-0.39, 0.29) is 11.8 Å². The van der Waals surface area contributed by atoms with Gasteiger partial charge in [-0.15, -0.1) is 0 Å². The number of amides is 1. The topological polar surface area (TPSA) is 41.1 Å². The predicted octanol–water partition coefficient (Wildman–Crippen LogP) is 2.75. The summed E-state index contributed by atoms with van der Waals surface area (Å²) in [6.07, 6.45) is 2.35. The second-order valence-electron chi connectivity index (χ2n) is 6.05. The first-order valence-corrected chi connectivity index (χ1v) is 7.30. The highest BCUT2D eigenvalue weighted by molar-refractivity contribution is 5.88. The summed E-state index contributed by atoms with van der Waals surface area (Å²) in [4.78, 5) is 12.5. The summed E-state index contributed by atoms with van der Waals surface area (Å²) in [5.74, 6) is 1.47. The van der Waals surface area contributed by atoms with Gasteiger partial charge in [-0.3, -0.25) is 4.79 Å². The second-order valence-corrected chi connectivity index (χ2v) is 6.05. The van der Waals surface area contributed by atoms with E-state index in [2.05, 4.69) is 30.5 Å². The summed E-state index contributed by atoms with van der Waals surface area (Å²) in [6.45, 7) is 5.26. The van der Waals surface area contributed by atoms with Gasteiger partial charge in [-0.05, 0) is 36.3 Å². The molecule has 4 atom stereocenters. The summed E-state index contributed by atoms with van der Waals surface area (Å²) in [5.41, 5.74) is 2.24. The van der Waals surface area contributed by atoms with Crippen molar-refractivity contribution in [2.75, 3.05) is 11.9 Å². The van der Waals surface area contributed by atoms with Crippen molar-refractivity contribution in [1.29, 1.82) is 0 Å². The first-order chi connectivity index (χ1) is 9.16. The van der Waals surface area contributed by atoms with Crippen LogP contribution in [0.2, 0.25) is 0 Å². The Balaban J connectivity index is 1.69. The van der Waals surface area contributed by atoms with Crippen molar-refractivity contribution in [2.45, 2.75) is 38.6 Å². The lowest BCUT2D eigenvalue weighted by atomic mass is 9.96. The fraction of sp³-hybridized carbons (Fsp3) is 0.562. The molecule has 0 aromatic heterocycles. The normalized spacial score (nSPS) is 32.7. The van der Waals surface area contributed by atoms with Crippen LogP contribution in [0.5, 0.6) is 0 Å². The molecule has 19 heavy (non-hydrogen) atoms. The number of hydrogen-bond acceptors (Lipinski definition) is 2. The van der Waals surface area contributed by atoms with E-state index in [0.717, 1.165) is 30.1 Å². The second kappa shape index (κ2) is 4.87. The highest BCUT2D eigenvalue weighted by Crippen LogP contribution is 2.34. The molecule has 1 aromatic carbocycles. The van der Waals surface area contributed by atoms with Gasteiger partial charge >= 0.3 is 0 Å². The molecule has 1 saturated carbocycles. The molecule has 3 rings (SSSR count). The molecule has 1 aliphatic carbocycles. The van der Waals surface area contributed by atoms with E-state index in [9.17, 15) is 4.79 Å². The van der Waals surface area contributed by atoms with E-state index in [1.54, 1.807) is 0 Å². The lowest BCUT2D eigenvalue weighted by Gasteiger charge is -2.21.